The van der Waals surface area contributed by atoms with Crippen molar-refractivity contribution < 1.29 is 9.90 Å². The number of amidine groups is 1. The van der Waals surface area contributed by atoms with Gasteiger partial charge in [-0.05, 0) is 18.2 Å². The van der Waals surface area contributed by atoms with E-state index in [-0.39, 0.29) is 17.1 Å². The fourth-order valence-corrected chi connectivity index (χ4v) is 1.90. The lowest BCUT2D eigenvalue weighted by atomic mass is 10.2. The molecule has 0 spiro atoms. The Hall–Kier alpha value is -2.34. The van der Waals surface area contributed by atoms with Crippen LogP contribution in [0.25, 0.3) is 0 Å². The molecule has 20 heavy (non-hydrogen) atoms. The molecule has 0 saturated heterocycles. The number of benzene rings is 2. The zero-order chi connectivity index (χ0) is 14.5. The van der Waals surface area contributed by atoms with E-state index in [2.05, 4.69) is 26.5 Å². The van der Waals surface area contributed by atoms with Crippen LogP contribution in [0.4, 0.5) is 0 Å². The van der Waals surface area contributed by atoms with Gasteiger partial charge in [0.05, 0.1) is 5.56 Å². The molecule has 0 radical (unpaired) electrons. The van der Waals surface area contributed by atoms with Crippen LogP contribution in [0.15, 0.2) is 58.1 Å². The Balaban J connectivity index is 2.14. The number of carbonyl (C=O) groups is 1. The molecule has 0 aliphatic heterocycles. The molecule has 0 aliphatic carbocycles. The van der Waals surface area contributed by atoms with Crippen molar-refractivity contribution in [1.29, 1.82) is 0 Å². The standard InChI is InChI=1S/C14H12BrN3O2/c15-10-6-7-12(19)11(8-10)14(20)18-17-13(16)9-4-2-1-3-5-9/h1-8,19H,(H2,16,17)(H,18,20). The van der Waals surface area contributed by atoms with E-state index in [0.29, 0.717) is 10.0 Å². The molecule has 6 heteroatoms. The van der Waals surface area contributed by atoms with Crippen molar-refractivity contribution in [2.75, 3.05) is 0 Å². The number of halogens is 1. The van der Waals surface area contributed by atoms with Gasteiger partial charge in [0.25, 0.3) is 5.91 Å². The molecular formula is C14H12BrN3O2. The van der Waals surface area contributed by atoms with Gasteiger partial charge in [-0.25, -0.2) is 5.43 Å². The quantitative estimate of drug-likeness (QED) is 0.457. The summed E-state index contributed by atoms with van der Waals surface area (Å²) in [6.07, 6.45) is 0. The highest BCUT2D eigenvalue weighted by atomic mass is 79.9. The summed E-state index contributed by atoms with van der Waals surface area (Å²) >= 11 is 3.23. The van der Waals surface area contributed by atoms with Crippen LogP contribution in [0.5, 0.6) is 5.75 Å². The van der Waals surface area contributed by atoms with Gasteiger partial charge in [-0.1, -0.05) is 46.3 Å². The molecule has 102 valence electrons. The minimum Gasteiger partial charge on any atom is -0.507 e. The average molecular weight is 334 g/mol. The summed E-state index contributed by atoms with van der Waals surface area (Å²) in [4.78, 5) is 11.9. The molecule has 4 N–H and O–H groups in total. The van der Waals surface area contributed by atoms with Gasteiger partial charge in [0.15, 0.2) is 5.84 Å². The molecule has 1 amide bonds. The normalized spacial score (nSPS) is 11.2. The van der Waals surface area contributed by atoms with E-state index in [4.69, 9.17) is 5.73 Å². The Morgan fingerprint density at radius 3 is 2.60 bits per heavy atom. The van der Waals surface area contributed by atoms with Gasteiger partial charge in [-0.3, -0.25) is 4.79 Å². The first-order valence-electron chi connectivity index (χ1n) is 5.75. The summed E-state index contributed by atoms with van der Waals surface area (Å²) in [5.41, 5.74) is 8.88. The first-order chi connectivity index (χ1) is 9.58. The van der Waals surface area contributed by atoms with Crippen LogP contribution in [0.2, 0.25) is 0 Å². The highest BCUT2D eigenvalue weighted by Crippen LogP contribution is 2.21. The summed E-state index contributed by atoms with van der Waals surface area (Å²) in [6, 6.07) is 13.6. The van der Waals surface area contributed by atoms with Crippen LogP contribution >= 0.6 is 15.9 Å². The molecular weight excluding hydrogens is 322 g/mol. The topological polar surface area (TPSA) is 87.7 Å². The molecule has 0 unspecified atom stereocenters. The van der Waals surface area contributed by atoms with E-state index in [0.717, 1.165) is 0 Å². The van der Waals surface area contributed by atoms with E-state index in [1.807, 2.05) is 18.2 Å². The molecule has 0 atom stereocenters. The van der Waals surface area contributed by atoms with Crippen LogP contribution in [0, 0.1) is 0 Å². The Morgan fingerprint density at radius 2 is 1.90 bits per heavy atom. The van der Waals surface area contributed by atoms with Gasteiger partial charge in [0, 0.05) is 10.0 Å². The molecule has 2 aromatic carbocycles. The zero-order valence-electron chi connectivity index (χ0n) is 10.4. The molecule has 0 aromatic heterocycles. The lowest BCUT2D eigenvalue weighted by Gasteiger charge is -2.05. The molecule has 2 aromatic rings. The number of nitrogens with zero attached hydrogens (tertiary/aromatic N) is 1. The number of aromatic hydroxyl groups is 1. The van der Waals surface area contributed by atoms with Gasteiger partial charge >= 0.3 is 0 Å². The highest BCUT2D eigenvalue weighted by Gasteiger charge is 2.11. The molecule has 0 saturated carbocycles. The highest BCUT2D eigenvalue weighted by molar-refractivity contribution is 9.10. The summed E-state index contributed by atoms with van der Waals surface area (Å²) in [5, 5.41) is 13.4. The maximum atomic E-state index is 11.9. The van der Waals surface area contributed by atoms with E-state index >= 15 is 0 Å². The van der Waals surface area contributed by atoms with Gasteiger partial charge in [-0.2, -0.15) is 5.10 Å². The van der Waals surface area contributed by atoms with Gasteiger partial charge in [-0.15, -0.1) is 0 Å². The number of rotatable bonds is 3. The molecule has 0 aliphatic rings. The fraction of sp³-hybridized carbons (Fsp3) is 0. The average Bonchev–Trinajstić information content (AvgIpc) is 2.47. The van der Waals surface area contributed by atoms with Crippen molar-refractivity contribution in [1.82, 2.24) is 5.43 Å². The van der Waals surface area contributed by atoms with Crippen molar-refractivity contribution in [3.8, 4) is 5.75 Å². The van der Waals surface area contributed by atoms with Crippen molar-refractivity contribution in [2.24, 2.45) is 10.8 Å². The maximum absolute atomic E-state index is 11.9. The molecule has 0 bridgehead atoms. The van der Waals surface area contributed by atoms with Gasteiger partial charge < -0.3 is 10.8 Å². The summed E-state index contributed by atoms with van der Waals surface area (Å²) in [6.45, 7) is 0. The third-order valence-corrected chi connectivity index (χ3v) is 3.04. The van der Waals surface area contributed by atoms with Gasteiger partial charge in [0.2, 0.25) is 0 Å². The monoisotopic (exact) mass is 333 g/mol. The SMILES string of the molecule is N/C(=N\NC(=O)c1cc(Br)ccc1O)c1ccccc1. The van der Waals surface area contributed by atoms with Crippen molar-refractivity contribution in [3.05, 3.63) is 64.1 Å². The fourth-order valence-electron chi connectivity index (χ4n) is 1.53. The van der Waals surface area contributed by atoms with Crippen LogP contribution in [0.3, 0.4) is 0 Å². The Bertz CT molecular complexity index is 657. The molecule has 5 nitrogen and oxygen atoms in total. The Morgan fingerprint density at radius 1 is 1.20 bits per heavy atom. The predicted octanol–water partition coefficient (Wildman–Crippen LogP) is 2.21. The van der Waals surface area contributed by atoms with Crippen LogP contribution < -0.4 is 11.2 Å². The number of hydrogen-bond donors (Lipinski definition) is 3. The van der Waals surface area contributed by atoms with Crippen molar-refractivity contribution in [2.45, 2.75) is 0 Å². The largest absolute Gasteiger partial charge is 0.507 e. The smallest absolute Gasteiger partial charge is 0.275 e. The number of nitrogens with two attached hydrogens (primary N) is 1. The predicted molar refractivity (Wildman–Crippen MR) is 80.4 cm³/mol. The van der Waals surface area contributed by atoms with Gasteiger partial charge in [0.1, 0.15) is 5.75 Å². The van der Waals surface area contributed by atoms with Crippen LogP contribution in [-0.4, -0.2) is 16.8 Å². The zero-order valence-corrected chi connectivity index (χ0v) is 12.0. The van der Waals surface area contributed by atoms with E-state index in [9.17, 15) is 9.90 Å². The second kappa shape index (κ2) is 6.21. The number of hydrogen-bond acceptors (Lipinski definition) is 3. The first kappa shape index (κ1) is 14.1. The van der Waals surface area contributed by atoms with Crippen LogP contribution in [-0.2, 0) is 0 Å². The molecule has 2 rings (SSSR count). The third-order valence-electron chi connectivity index (χ3n) is 2.55. The molecule has 0 fully saturated rings. The second-order valence-corrected chi connectivity index (χ2v) is 4.88. The lowest BCUT2D eigenvalue weighted by Crippen LogP contribution is -2.24. The number of nitrogens with one attached hydrogen (secondary N) is 1. The van der Waals surface area contributed by atoms with E-state index in [1.54, 1.807) is 18.2 Å². The van der Waals surface area contributed by atoms with E-state index < -0.39 is 5.91 Å². The summed E-state index contributed by atoms with van der Waals surface area (Å²) < 4.78 is 0.681. The number of phenolic OH excluding ortho intramolecular Hbond substituents is 1. The first-order valence-corrected chi connectivity index (χ1v) is 6.54. The van der Waals surface area contributed by atoms with E-state index in [1.165, 1.54) is 12.1 Å². The Labute approximate surface area is 124 Å². The lowest BCUT2D eigenvalue weighted by molar-refractivity contribution is 0.0952. The summed E-state index contributed by atoms with van der Waals surface area (Å²) in [5.74, 6) is -0.477. The minimum atomic E-state index is -0.539. The van der Waals surface area contributed by atoms with Crippen molar-refractivity contribution in [3.63, 3.8) is 0 Å². The number of carbonyl (C=O) groups excluding carboxylic acids is 1. The maximum Gasteiger partial charge on any atom is 0.275 e. The van der Waals surface area contributed by atoms with Crippen molar-refractivity contribution >= 4 is 27.7 Å². The number of amides is 1. The molecule has 0 heterocycles. The third kappa shape index (κ3) is 3.36. The van der Waals surface area contributed by atoms with Crippen LogP contribution in [0.1, 0.15) is 15.9 Å². The summed E-state index contributed by atoms with van der Waals surface area (Å²) in [7, 11) is 0. The second-order valence-electron chi connectivity index (χ2n) is 3.97. The Kier molecular flexibility index (Phi) is 4.37. The number of hydrazone groups is 1. The number of phenols is 1. The minimum absolute atomic E-state index is 0.115.